The Labute approximate surface area is 162 Å². The molecule has 0 aromatic heterocycles. The number of hydrogen-bond acceptors (Lipinski definition) is 3. The van der Waals surface area contributed by atoms with Gasteiger partial charge >= 0.3 is 12.0 Å². The van der Waals surface area contributed by atoms with Crippen LogP contribution in [0, 0.1) is 11.2 Å². The standard InChI is InChI=1S/C22H21FN2O3/c1-28-19(26)22-11-21(12-22,13-22)16-3-6-18(7-4-16)24-20(27)25-9-14-2-5-17(23)8-15(14)10-25/h2-8H,9-13H2,1H3,(H,24,27). The minimum absolute atomic E-state index is 0.0928. The number of nitrogens with zero attached hydrogens (tertiary/aromatic N) is 1. The Balaban J connectivity index is 1.21. The zero-order valence-corrected chi connectivity index (χ0v) is 15.6. The second-order valence-corrected chi connectivity index (χ2v) is 8.36. The minimum Gasteiger partial charge on any atom is -0.469 e. The number of carbonyl (C=O) groups excluding carboxylic acids is 2. The molecule has 0 atom stereocenters. The fourth-order valence-electron chi connectivity index (χ4n) is 5.14. The molecular formula is C22H21FN2O3. The molecule has 4 aliphatic rings. The first-order chi connectivity index (χ1) is 13.4. The van der Waals surface area contributed by atoms with Crippen molar-refractivity contribution in [3.8, 4) is 0 Å². The molecule has 1 heterocycles. The van der Waals surface area contributed by atoms with Crippen LogP contribution in [0.3, 0.4) is 0 Å². The summed E-state index contributed by atoms with van der Waals surface area (Å²) in [5, 5.41) is 2.91. The van der Waals surface area contributed by atoms with E-state index in [2.05, 4.69) is 5.32 Å². The first-order valence-electron chi connectivity index (χ1n) is 9.45. The summed E-state index contributed by atoms with van der Waals surface area (Å²) in [7, 11) is 1.45. The number of ether oxygens (including phenoxy) is 1. The van der Waals surface area contributed by atoms with Crippen LogP contribution in [-0.4, -0.2) is 24.0 Å². The molecule has 3 saturated carbocycles. The Hall–Kier alpha value is -2.89. The van der Waals surface area contributed by atoms with Gasteiger partial charge in [0.05, 0.1) is 12.5 Å². The maximum absolute atomic E-state index is 13.4. The Morgan fingerprint density at radius 3 is 2.39 bits per heavy atom. The number of fused-ring (bicyclic) bond motifs is 1. The van der Waals surface area contributed by atoms with Crippen molar-refractivity contribution in [1.82, 2.24) is 4.90 Å². The summed E-state index contributed by atoms with van der Waals surface area (Å²) < 4.78 is 18.3. The molecule has 0 unspecified atom stereocenters. The summed E-state index contributed by atoms with van der Waals surface area (Å²) in [5.74, 6) is -0.371. The van der Waals surface area contributed by atoms with Gasteiger partial charge in [0.15, 0.2) is 0 Å². The lowest BCUT2D eigenvalue weighted by Crippen LogP contribution is -2.68. The van der Waals surface area contributed by atoms with Gasteiger partial charge in [0.2, 0.25) is 0 Å². The van der Waals surface area contributed by atoms with E-state index < -0.39 is 0 Å². The maximum Gasteiger partial charge on any atom is 0.322 e. The number of rotatable bonds is 3. The third-order valence-electron chi connectivity index (χ3n) is 6.58. The molecule has 5 nitrogen and oxygen atoms in total. The number of amides is 2. The van der Waals surface area contributed by atoms with Gasteiger partial charge in [0, 0.05) is 18.8 Å². The molecule has 0 spiro atoms. The van der Waals surface area contributed by atoms with Crippen molar-refractivity contribution in [3.05, 3.63) is 65.0 Å². The molecule has 6 heteroatoms. The average molecular weight is 380 g/mol. The first-order valence-corrected chi connectivity index (χ1v) is 9.45. The zero-order chi connectivity index (χ0) is 19.5. The van der Waals surface area contributed by atoms with Crippen LogP contribution in [0.25, 0.3) is 0 Å². The van der Waals surface area contributed by atoms with Gasteiger partial charge in [-0.15, -0.1) is 0 Å². The number of halogens is 1. The van der Waals surface area contributed by atoms with Crippen molar-refractivity contribution in [2.45, 2.75) is 37.8 Å². The molecule has 2 aromatic carbocycles. The third-order valence-corrected chi connectivity index (χ3v) is 6.58. The Morgan fingerprint density at radius 2 is 1.71 bits per heavy atom. The highest BCUT2D eigenvalue weighted by Gasteiger charge is 2.72. The van der Waals surface area contributed by atoms with E-state index in [9.17, 15) is 14.0 Å². The van der Waals surface area contributed by atoms with Gasteiger partial charge in [-0.1, -0.05) is 18.2 Å². The normalized spacial score (nSPS) is 26.7. The van der Waals surface area contributed by atoms with Crippen LogP contribution >= 0.6 is 0 Å². The molecule has 1 aliphatic heterocycles. The highest BCUT2D eigenvalue weighted by Crippen LogP contribution is 2.73. The van der Waals surface area contributed by atoms with Gasteiger partial charge in [-0.3, -0.25) is 4.79 Å². The van der Waals surface area contributed by atoms with Crippen LogP contribution < -0.4 is 5.32 Å². The zero-order valence-electron chi connectivity index (χ0n) is 15.6. The van der Waals surface area contributed by atoms with E-state index >= 15 is 0 Å². The molecule has 0 saturated heterocycles. The van der Waals surface area contributed by atoms with Crippen LogP contribution in [0.5, 0.6) is 0 Å². The molecule has 3 aliphatic carbocycles. The van der Waals surface area contributed by atoms with Crippen LogP contribution in [0.1, 0.15) is 36.0 Å². The topological polar surface area (TPSA) is 58.6 Å². The third kappa shape index (κ3) is 2.44. The minimum atomic E-state index is -0.279. The SMILES string of the molecule is COC(=O)C12CC(c3ccc(NC(=O)N4Cc5ccc(F)cc5C4)cc3)(C1)C2. The molecule has 2 amide bonds. The number of esters is 1. The van der Waals surface area contributed by atoms with E-state index in [-0.39, 0.29) is 28.6 Å². The monoisotopic (exact) mass is 380 g/mol. The summed E-state index contributed by atoms with van der Waals surface area (Å²) in [5.41, 5.74) is 3.61. The van der Waals surface area contributed by atoms with Crippen molar-refractivity contribution < 1.29 is 18.7 Å². The van der Waals surface area contributed by atoms with Gasteiger partial charge in [-0.05, 0) is 65.6 Å². The van der Waals surface area contributed by atoms with Crippen molar-refractivity contribution in [2.75, 3.05) is 12.4 Å². The Kier molecular flexibility index (Phi) is 3.57. The second kappa shape index (κ2) is 5.80. The Morgan fingerprint density at radius 1 is 1.04 bits per heavy atom. The van der Waals surface area contributed by atoms with Gasteiger partial charge in [-0.25, -0.2) is 9.18 Å². The predicted octanol–water partition coefficient (Wildman–Crippen LogP) is 3.97. The molecule has 144 valence electrons. The number of anilines is 1. The van der Waals surface area contributed by atoms with E-state index in [0.717, 1.165) is 36.1 Å². The van der Waals surface area contributed by atoms with E-state index in [4.69, 9.17) is 4.74 Å². The second-order valence-electron chi connectivity index (χ2n) is 8.36. The quantitative estimate of drug-likeness (QED) is 0.820. The van der Waals surface area contributed by atoms with Crippen molar-refractivity contribution in [2.24, 2.45) is 5.41 Å². The fraction of sp³-hybridized carbons (Fsp3) is 0.364. The molecule has 2 bridgehead atoms. The van der Waals surface area contributed by atoms with Gasteiger partial charge in [0.1, 0.15) is 5.82 Å². The number of urea groups is 1. The number of nitrogens with one attached hydrogen (secondary N) is 1. The molecular weight excluding hydrogens is 359 g/mol. The summed E-state index contributed by atoms with van der Waals surface area (Å²) in [6.45, 7) is 0.897. The van der Waals surface area contributed by atoms with Gasteiger partial charge in [-0.2, -0.15) is 0 Å². The van der Waals surface area contributed by atoms with Crippen molar-refractivity contribution in [1.29, 1.82) is 0 Å². The molecule has 6 rings (SSSR count). The van der Waals surface area contributed by atoms with Crippen LogP contribution in [0.4, 0.5) is 14.9 Å². The van der Waals surface area contributed by atoms with E-state index in [1.165, 1.54) is 24.8 Å². The maximum atomic E-state index is 13.4. The van der Waals surface area contributed by atoms with Crippen molar-refractivity contribution in [3.63, 3.8) is 0 Å². The number of benzene rings is 2. The molecule has 0 radical (unpaired) electrons. The average Bonchev–Trinajstić information content (AvgIpc) is 3.04. The highest BCUT2D eigenvalue weighted by molar-refractivity contribution is 5.89. The van der Waals surface area contributed by atoms with Crippen molar-refractivity contribution >= 4 is 17.7 Å². The largest absolute Gasteiger partial charge is 0.469 e. The molecule has 28 heavy (non-hydrogen) atoms. The van der Waals surface area contributed by atoms with Crippen LogP contribution in [-0.2, 0) is 28.0 Å². The fourth-order valence-corrected chi connectivity index (χ4v) is 5.14. The summed E-state index contributed by atoms with van der Waals surface area (Å²) in [6.07, 6.45) is 2.54. The summed E-state index contributed by atoms with van der Waals surface area (Å²) in [4.78, 5) is 26.0. The number of methoxy groups -OCH3 is 1. The lowest BCUT2D eigenvalue weighted by Gasteiger charge is -2.68. The Bertz CT molecular complexity index is 966. The van der Waals surface area contributed by atoms with Crippen LogP contribution in [0.2, 0.25) is 0 Å². The first kappa shape index (κ1) is 17.2. The number of hydrogen-bond donors (Lipinski definition) is 1. The van der Waals surface area contributed by atoms with E-state index in [1.807, 2.05) is 24.3 Å². The summed E-state index contributed by atoms with van der Waals surface area (Å²) in [6, 6.07) is 12.3. The lowest BCUT2D eigenvalue weighted by molar-refractivity contribution is -0.198. The van der Waals surface area contributed by atoms with E-state index in [0.29, 0.717) is 13.1 Å². The molecule has 3 fully saturated rings. The van der Waals surface area contributed by atoms with Gasteiger partial charge in [0.25, 0.3) is 0 Å². The predicted molar refractivity (Wildman–Crippen MR) is 101 cm³/mol. The van der Waals surface area contributed by atoms with Gasteiger partial charge < -0.3 is 15.0 Å². The number of carbonyl (C=O) groups is 2. The molecule has 1 N–H and O–H groups in total. The smallest absolute Gasteiger partial charge is 0.322 e. The molecule has 2 aromatic rings. The van der Waals surface area contributed by atoms with E-state index in [1.54, 1.807) is 11.0 Å². The highest BCUT2D eigenvalue weighted by atomic mass is 19.1. The van der Waals surface area contributed by atoms with Crippen LogP contribution in [0.15, 0.2) is 42.5 Å². The lowest BCUT2D eigenvalue weighted by atomic mass is 9.33. The summed E-state index contributed by atoms with van der Waals surface area (Å²) >= 11 is 0.